The summed E-state index contributed by atoms with van der Waals surface area (Å²) in [6, 6.07) is 11.4. The monoisotopic (exact) mass is 494 g/mol. The Morgan fingerprint density at radius 1 is 0.879 bits per heavy atom. The number of nitrogens with zero attached hydrogens (tertiary/aromatic N) is 3. The lowest BCUT2D eigenvalue weighted by molar-refractivity contribution is -0.129. The summed E-state index contributed by atoms with van der Waals surface area (Å²) in [5.41, 5.74) is 0.371. The van der Waals surface area contributed by atoms with E-state index >= 15 is 0 Å². The number of anilines is 1. The Kier molecular flexibility index (Phi) is 7.22. The maximum absolute atomic E-state index is 13.0. The van der Waals surface area contributed by atoms with Gasteiger partial charge in [0.15, 0.2) is 0 Å². The van der Waals surface area contributed by atoms with E-state index in [-0.39, 0.29) is 40.0 Å². The molecule has 0 saturated carbocycles. The normalized spacial score (nSPS) is 15.5. The van der Waals surface area contributed by atoms with Crippen molar-refractivity contribution in [3.05, 3.63) is 54.1 Å². The minimum Gasteiger partial charge on any atom is -0.340 e. The first-order valence-corrected chi connectivity index (χ1v) is 13.0. The molecule has 2 aromatic rings. The Morgan fingerprint density at radius 2 is 1.48 bits per heavy atom. The van der Waals surface area contributed by atoms with E-state index in [1.807, 2.05) is 0 Å². The van der Waals surface area contributed by atoms with Crippen molar-refractivity contribution in [2.75, 3.05) is 45.6 Å². The number of piperazine rings is 1. The predicted molar refractivity (Wildman–Crippen MR) is 123 cm³/mol. The highest BCUT2D eigenvalue weighted by Gasteiger charge is 2.29. The van der Waals surface area contributed by atoms with Crippen LogP contribution in [0.15, 0.2) is 58.3 Å². The summed E-state index contributed by atoms with van der Waals surface area (Å²) in [6.45, 7) is 2.40. The van der Waals surface area contributed by atoms with Gasteiger partial charge in [-0.3, -0.25) is 9.59 Å². The van der Waals surface area contributed by atoms with Crippen molar-refractivity contribution in [1.29, 1.82) is 0 Å². The molecule has 0 aliphatic carbocycles. The third-order valence-electron chi connectivity index (χ3n) is 5.29. The topological polar surface area (TPSA) is 124 Å². The van der Waals surface area contributed by atoms with Gasteiger partial charge in [-0.2, -0.15) is 4.31 Å². The zero-order valence-corrected chi connectivity index (χ0v) is 20.2. The van der Waals surface area contributed by atoms with Gasteiger partial charge in [0.1, 0.15) is 0 Å². The molecule has 0 atom stereocenters. The average molecular weight is 495 g/mol. The molecule has 1 heterocycles. The fourth-order valence-electron chi connectivity index (χ4n) is 3.34. The number of carbonyl (C=O) groups excluding carboxylic acids is 2. The molecular weight excluding hydrogens is 468 g/mol. The van der Waals surface area contributed by atoms with Crippen LogP contribution in [0.3, 0.4) is 0 Å². The van der Waals surface area contributed by atoms with Gasteiger partial charge in [-0.15, -0.1) is 0 Å². The molecule has 0 bridgehead atoms. The van der Waals surface area contributed by atoms with Gasteiger partial charge in [-0.25, -0.2) is 21.1 Å². The third kappa shape index (κ3) is 5.41. The number of carbonyl (C=O) groups is 2. The van der Waals surface area contributed by atoms with Gasteiger partial charge in [0.25, 0.3) is 5.91 Å². The number of sulfonamides is 2. The summed E-state index contributed by atoms with van der Waals surface area (Å²) in [5.74, 6) is -0.680. The summed E-state index contributed by atoms with van der Waals surface area (Å²) in [4.78, 5) is 25.8. The average Bonchev–Trinajstić information content (AvgIpc) is 2.79. The largest absolute Gasteiger partial charge is 0.340 e. The van der Waals surface area contributed by atoms with Crippen molar-refractivity contribution in [2.24, 2.45) is 0 Å². The van der Waals surface area contributed by atoms with Crippen molar-refractivity contribution in [1.82, 2.24) is 13.5 Å². The molecule has 1 saturated heterocycles. The van der Waals surface area contributed by atoms with Crippen LogP contribution in [0, 0.1) is 0 Å². The highest BCUT2D eigenvalue weighted by atomic mass is 32.2. The van der Waals surface area contributed by atoms with E-state index in [0.717, 1.165) is 4.31 Å². The molecule has 33 heavy (non-hydrogen) atoms. The number of amides is 2. The van der Waals surface area contributed by atoms with Crippen LogP contribution in [0.4, 0.5) is 5.69 Å². The van der Waals surface area contributed by atoms with E-state index in [1.165, 1.54) is 67.8 Å². The van der Waals surface area contributed by atoms with Crippen LogP contribution >= 0.6 is 0 Å². The Hall–Kier alpha value is -2.80. The highest BCUT2D eigenvalue weighted by molar-refractivity contribution is 7.89. The Bertz CT molecular complexity index is 1270. The molecule has 0 unspecified atom stereocenters. The van der Waals surface area contributed by atoms with Crippen molar-refractivity contribution in [3.8, 4) is 0 Å². The van der Waals surface area contributed by atoms with Crippen LogP contribution in [0.2, 0.25) is 0 Å². The molecule has 2 aromatic carbocycles. The molecule has 0 radical (unpaired) electrons. The maximum atomic E-state index is 13.0. The van der Waals surface area contributed by atoms with E-state index in [2.05, 4.69) is 5.32 Å². The van der Waals surface area contributed by atoms with Crippen molar-refractivity contribution in [3.63, 3.8) is 0 Å². The SMILES string of the molecule is CC(=O)N1CCN(S(=O)(=O)c2cccc(C(=O)Nc3cccc(S(=O)(=O)N(C)C)c3)c2)CC1. The number of hydrogen-bond acceptors (Lipinski definition) is 6. The maximum Gasteiger partial charge on any atom is 0.255 e. The van der Waals surface area contributed by atoms with E-state index in [0.29, 0.717) is 13.1 Å². The predicted octanol–water partition coefficient (Wildman–Crippen LogP) is 1.04. The van der Waals surface area contributed by atoms with Gasteiger partial charge in [0, 0.05) is 58.4 Å². The minimum atomic E-state index is -3.85. The number of nitrogens with one attached hydrogen (secondary N) is 1. The van der Waals surface area contributed by atoms with E-state index in [9.17, 15) is 26.4 Å². The van der Waals surface area contributed by atoms with Gasteiger partial charge in [0.05, 0.1) is 9.79 Å². The molecule has 2 amide bonds. The van der Waals surface area contributed by atoms with Crippen LogP contribution < -0.4 is 5.32 Å². The van der Waals surface area contributed by atoms with E-state index in [1.54, 1.807) is 11.0 Å². The Balaban J connectivity index is 1.79. The molecule has 178 valence electrons. The molecule has 1 aliphatic rings. The van der Waals surface area contributed by atoms with Crippen LogP contribution in [0.5, 0.6) is 0 Å². The lowest BCUT2D eigenvalue weighted by Gasteiger charge is -2.33. The van der Waals surface area contributed by atoms with E-state index in [4.69, 9.17) is 0 Å². The molecule has 10 nitrogen and oxygen atoms in total. The highest BCUT2D eigenvalue weighted by Crippen LogP contribution is 2.21. The summed E-state index contributed by atoms with van der Waals surface area (Å²) < 4.78 is 53.1. The fraction of sp³-hybridized carbons (Fsp3) is 0.333. The smallest absolute Gasteiger partial charge is 0.255 e. The fourth-order valence-corrected chi connectivity index (χ4v) is 5.76. The standard InChI is InChI=1S/C21H26N4O6S2/c1-16(26)24-10-12-25(13-11-24)33(30,31)19-8-4-6-17(14-19)21(27)22-18-7-5-9-20(15-18)32(28,29)23(2)3/h4-9,14-15H,10-13H2,1-3H3,(H,22,27). The molecular formula is C21H26N4O6S2. The first-order valence-electron chi connectivity index (χ1n) is 10.1. The van der Waals surface area contributed by atoms with Crippen molar-refractivity contribution >= 4 is 37.5 Å². The Morgan fingerprint density at radius 3 is 2.09 bits per heavy atom. The zero-order valence-electron chi connectivity index (χ0n) is 18.6. The lowest BCUT2D eigenvalue weighted by Crippen LogP contribution is -2.49. The van der Waals surface area contributed by atoms with Gasteiger partial charge in [-0.1, -0.05) is 12.1 Å². The van der Waals surface area contributed by atoms with Gasteiger partial charge in [-0.05, 0) is 36.4 Å². The van der Waals surface area contributed by atoms with Crippen LogP contribution in [-0.2, 0) is 24.8 Å². The second-order valence-electron chi connectivity index (χ2n) is 7.71. The third-order valence-corrected chi connectivity index (χ3v) is 8.99. The summed E-state index contributed by atoms with van der Waals surface area (Å²) >= 11 is 0. The molecule has 3 rings (SSSR count). The Labute approximate surface area is 193 Å². The van der Waals surface area contributed by atoms with Gasteiger partial charge < -0.3 is 10.2 Å². The second-order valence-corrected chi connectivity index (χ2v) is 11.8. The van der Waals surface area contributed by atoms with Crippen LogP contribution in [0.25, 0.3) is 0 Å². The molecule has 1 aliphatic heterocycles. The van der Waals surface area contributed by atoms with Gasteiger partial charge >= 0.3 is 0 Å². The summed E-state index contributed by atoms with van der Waals surface area (Å²) in [5, 5.41) is 2.61. The molecule has 0 aromatic heterocycles. The summed E-state index contributed by atoms with van der Waals surface area (Å²) in [7, 11) is -4.70. The lowest BCUT2D eigenvalue weighted by atomic mass is 10.2. The first-order chi connectivity index (χ1) is 15.4. The van der Waals surface area contributed by atoms with E-state index < -0.39 is 26.0 Å². The first kappa shape index (κ1) is 24.8. The van der Waals surface area contributed by atoms with Crippen LogP contribution in [-0.4, -0.2) is 82.4 Å². The quantitative estimate of drug-likeness (QED) is 0.640. The second kappa shape index (κ2) is 9.59. The van der Waals surface area contributed by atoms with Crippen molar-refractivity contribution < 1.29 is 26.4 Å². The summed E-state index contributed by atoms with van der Waals surface area (Å²) in [6.07, 6.45) is 0. The number of benzene rings is 2. The molecule has 0 spiro atoms. The number of hydrogen-bond donors (Lipinski definition) is 1. The number of rotatable bonds is 6. The zero-order chi connectivity index (χ0) is 24.4. The van der Waals surface area contributed by atoms with Crippen LogP contribution in [0.1, 0.15) is 17.3 Å². The minimum absolute atomic E-state index is 0.0198. The van der Waals surface area contributed by atoms with Crippen molar-refractivity contribution in [2.45, 2.75) is 16.7 Å². The van der Waals surface area contributed by atoms with Gasteiger partial charge in [0.2, 0.25) is 26.0 Å². The molecule has 1 N–H and O–H groups in total. The molecule has 1 fully saturated rings. The molecule has 12 heteroatoms.